The number of halogens is 2. The zero-order valence-electron chi connectivity index (χ0n) is 6.67. The van der Waals surface area contributed by atoms with Gasteiger partial charge in [0, 0.05) is 24.9 Å². The first kappa shape index (κ1) is 9.87. The van der Waals surface area contributed by atoms with Crippen LogP contribution >= 0.6 is 23.2 Å². The van der Waals surface area contributed by atoms with Crippen molar-refractivity contribution < 1.29 is 4.79 Å². The lowest BCUT2D eigenvalue weighted by atomic mass is 10.1. The summed E-state index contributed by atoms with van der Waals surface area (Å²) in [5.41, 5.74) is 0. The molecule has 1 saturated heterocycles. The number of carbonyl (C=O) groups is 1. The Morgan fingerprint density at radius 1 is 1.75 bits per heavy atom. The number of hydrogen-bond acceptors (Lipinski definition) is 1. The van der Waals surface area contributed by atoms with Gasteiger partial charge in [0.1, 0.15) is 5.38 Å². The standard InChI is InChI=1S/C8H11Cl2NO/c1-2-3-11-5-6(4-9)7(10)8(11)12/h2,6-7H,1,3-5H2/t6-,7+/m1/s1. The Morgan fingerprint density at radius 3 is 2.83 bits per heavy atom. The zero-order valence-corrected chi connectivity index (χ0v) is 8.18. The maximum Gasteiger partial charge on any atom is 0.241 e. The van der Waals surface area contributed by atoms with E-state index < -0.39 is 5.38 Å². The Balaban J connectivity index is 2.60. The maximum absolute atomic E-state index is 11.4. The number of amides is 1. The summed E-state index contributed by atoms with van der Waals surface area (Å²) in [6.45, 7) is 4.78. The van der Waals surface area contributed by atoms with E-state index in [1.54, 1.807) is 11.0 Å². The Morgan fingerprint density at radius 2 is 2.42 bits per heavy atom. The molecule has 68 valence electrons. The van der Waals surface area contributed by atoms with E-state index >= 15 is 0 Å². The number of nitrogens with zero attached hydrogens (tertiary/aromatic N) is 1. The third-order valence-corrected chi connectivity index (χ3v) is 2.90. The molecule has 1 heterocycles. The summed E-state index contributed by atoms with van der Waals surface area (Å²) >= 11 is 11.5. The average Bonchev–Trinajstić information content (AvgIpc) is 2.33. The molecule has 0 aromatic carbocycles. The molecule has 12 heavy (non-hydrogen) atoms. The van der Waals surface area contributed by atoms with Crippen molar-refractivity contribution in [1.82, 2.24) is 4.90 Å². The smallest absolute Gasteiger partial charge is 0.241 e. The van der Waals surface area contributed by atoms with Crippen LogP contribution in [0.15, 0.2) is 12.7 Å². The zero-order chi connectivity index (χ0) is 9.14. The summed E-state index contributed by atoms with van der Waals surface area (Å²) < 4.78 is 0. The van der Waals surface area contributed by atoms with E-state index in [1.165, 1.54) is 0 Å². The largest absolute Gasteiger partial charge is 0.337 e. The molecule has 0 spiro atoms. The number of carbonyl (C=O) groups excluding carboxylic acids is 1. The molecule has 1 fully saturated rings. The van der Waals surface area contributed by atoms with Crippen LogP contribution in [0.5, 0.6) is 0 Å². The van der Waals surface area contributed by atoms with Gasteiger partial charge in [-0.05, 0) is 0 Å². The maximum atomic E-state index is 11.4. The van der Waals surface area contributed by atoms with E-state index in [1.807, 2.05) is 0 Å². The van der Waals surface area contributed by atoms with E-state index in [2.05, 4.69) is 6.58 Å². The van der Waals surface area contributed by atoms with Crippen LogP contribution in [0.3, 0.4) is 0 Å². The van der Waals surface area contributed by atoms with Crippen molar-refractivity contribution >= 4 is 29.1 Å². The van der Waals surface area contributed by atoms with E-state index in [-0.39, 0.29) is 11.8 Å². The van der Waals surface area contributed by atoms with Crippen molar-refractivity contribution in [2.45, 2.75) is 5.38 Å². The Kier molecular flexibility index (Phi) is 3.41. The monoisotopic (exact) mass is 207 g/mol. The Labute approximate surface area is 82.1 Å². The topological polar surface area (TPSA) is 20.3 Å². The predicted octanol–water partition coefficient (Wildman–Crippen LogP) is 1.48. The highest BCUT2D eigenvalue weighted by Crippen LogP contribution is 2.24. The molecule has 0 saturated carbocycles. The highest BCUT2D eigenvalue weighted by atomic mass is 35.5. The first-order valence-electron chi connectivity index (χ1n) is 3.80. The van der Waals surface area contributed by atoms with Gasteiger partial charge in [-0.3, -0.25) is 4.79 Å². The van der Waals surface area contributed by atoms with Crippen LogP contribution < -0.4 is 0 Å². The summed E-state index contributed by atoms with van der Waals surface area (Å²) in [5.74, 6) is 0.496. The second-order valence-electron chi connectivity index (χ2n) is 2.85. The molecule has 0 aromatic heterocycles. The predicted molar refractivity (Wildman–Crippen MR) is 50.6 cm³/mol. The SMILES string of the molecule is C=CCN1C[C@@H](CCl)[C@H](Cl)C1=O. The number of alkyl halides is 2. The minimum Gasteiger partial charge on any atom is -0.337 e. The van der Waals surface area contributed by atoms with Crippen LogP contribution in [0.1, 0.15) is 0 Å². The molecule has 0 unspecified atom stereocenters. The molecule has 1 amide bonds. The first-order chi connectivity index (χ1) is 5.70. The van der Waals surface area contributed by atoms with Crippen molar-refractivity contribution in [3.63, 3.8) is 0 Å². The van der Waals surface area contributed by atoms with Gasteiger partial charge in [0.05, 0.1) is 0 Å². The lowest BCUT2D eigenvalue weighted by molar-refractivity contribution is -0.126. The fourth-order valence-corrected chi connectivity index (χ4v) is 1.96. The molecule has 4 heteroatoms. The molecule has 1 aliphatic rings. The van der Waals surface area contributed by atoms with Gasteiger partial charge >= 0.3 is 0 Å². The van der Waals surface area contributed by atoms with Crippen LogP contribution in [-0.2, 0) is 4.79 Å². The quantitative estimate of drug-likeness (QED) is 0.508. The molecule has 2 atom stereocenters. The van der Waals surface area contributed by atoms with Crippen LogP contribution in [0, 0.1) is 5.92 Å². The highest BCUT2D eigenvalue weighted by molar-refractivity contribution is 6.32. The van der Waals surface area contributed by atoms with Crippen LogP contribution in [0.25, 0.3) is 0 Å². The van der Waals surface area contributed by atoms with Gasteiger partial charge in [-0.1, -0.05) is 6.08 Å². The number of rotatable bonds is 3. The minimum absolute atomic E-state index is 0.0257. The average molecular weight is 208 g/mol. The summed E-state index contributed by atoms with van der Waals surface area (Å²) in [6.07, 6.45) is 1.69. The van der Waals surface area contributed by atoms with Crippen LogP contribution in [-0.4, -0.2) is 35.2 Å². The fourth-order valence-electron chi connectivity index (χ4n) is 1.29. The summed E-state index contributed by atoms with van der Waals surface area (Å²) in [5, 5.41) is -0.442. The molecule has 0 aromatic rings. The molecular weight excluding hydrogens is 197 g/mol. The van der Waals surface area contributed by atoms with E-state index in [4.69, 9.17) is 23.2 Å². The number of likely N-dealkylation sites (tertiary alicyclic amines) is 1. The van der Waals surface area contributed by atoms with Gasteiger partial charge in [0.15, 0.2) is 0 Å². The van der Waals surface area contributed by atoms with Gasteiger partial charge < -0.3 is 4.90 Å². The van der Waals surface area contributed by atoms with E-state index in [9.17, 15) is 4.79 Å². The van der Waals surface area contributed by atoms with Crippen molar-refractivity contribution in [3.05, 3.63) is 12.7 Å². The molecule has 2 nitrogen and oxygen atoms in total. The third-order valence-electron chi connectivity index (χ3n) is 1.96. The number of hydrogen-bond donors (Lipinski definition) is 0. The lowest BCUT2D eigenvalue weighted by Crippen LogP contribution is -2.27. The highest BCUT2D eigenvalue weighted by Gasteiger charge is 2.37. The van der Waals surface area contributed by atoms with Crippen molar-refractivity contribution in [2.75, 3.05) is 19.0 Å². The summed E-state index contributed by atoms with van der Waals surface area (Å²) in [6, 6.07) is 0. The van der Waals surface area contributed by atoms with Gasteiger partial charge in [-0.15, -0.1) is 29.8 Å². The Bertz CT molecular complexity index is 195. The minimum atomic E-state index is -0.442. The van der Waals surface area contributed by atoms with Crippen molar-refractivity contribution in [1.29, 1.82) is 0 Å². The molecule has 0 bridgehead atoms. The second-order valence-corrected chi connectivity index (χ2v) is 3.63. The van der Waals surface area contributed by atoms with Gasteiger partial charge in [-0.25, -0.2) is 0 Å². The lowest BCUT2D eigenvalue weighted by Gasteiger charge is -2.12. The molecule has 1 rings (SSSR count). The van der Waals surface area contributed by atoms with Gasteiger partial charge in [0.25, 0.3) is 0 Å². The van der Waals surface area contributed by atoms with Gasteiger partial charge in [0.2, 0.25) is 5.91 Å². The van der Waals surface area contributed by atoms with Gasteiger partial charge in [-0.2, -0.15) is 0 Å². The first-order valence-corrected chi connectivity index (χ1v) is 4.77. The summed E-state index contributed by atoms with van der Waals surface area (Å²) in [7, 11) is 0. The van der Waals surface area contributed by atoms with E-state index in [0.29, 0.717) is 19.0 Å². The normalized spacial score (nSPS) is 29.5. The summed E-state index contributed by atoms with van der Waals surface area (Å²) in [4.78, 5) is 13.0. The second kappa shape index (κ2) is 4.15. The van der Waals surface area contributed by atoms with Crippen molar-refractivity contribution in [2.24, 2.45) is 5.92 Å². The van der Waals surface area contributed by atoms with E-state index in [0.717, 1.165) is 0 Å². The van der Waals surface area contributed by atoms with Crippen LogP contribution in [0.2, 0.25) is 0 Å². The molecule has 1 aliphatic heterocycles. The Hall–Kier alpha value is -0.210. The fraction of sp³-hybridized carbons (Fsp3) is 0.625. The molecule has 0 aliphatic carbocycles. The molecule has 0 N–H and O–H groups in total. The van der Waals surface area contributed by atoms with Crippen LogP contribution in [0.4, 0.5) is 0 Å². The molecule has 0 radical (unpaired) electrons. The molecular formula is C8H11Cl2NO. The third kappa shape index (κ3) is 1.75. The van der Waals surface area contributed by atoms with Crippen molar-refractivity contribution in [3.8, 4) is 0 Å².